The summed E-state index contributed by atoms with van der Waals surface area (Å²) in [4.78, 5) is 23.1. The van der Waals surface area contributed by atoms with Gasteiger partial charge in [-0.3, -0.25) is 0 Å². The second-order valence-electron chi connectivity index (χ2n) is 6.46. The van der Waals surface area contributed by atoms with Crippen LogP contribution >= 0.6 is 46.7 Å². The summed E-state index contributed by atoms with van der Waals surface area (Å²) in [5, 5.41) is 8.55. The molecule has 2 aromatic carbocycles. The third-order valence-electron chi connectivity index (χ3n) is 4.06. The Hall–Kier alpha value is -2.71. The van der Waals surface area contributed by atoms with Crippen molar-refractivity contribution in [2.45, 2.75) is 19.8 Å². The SMILES string of the molecule is O=C(Nc1ccc(Sc2ccc(Cl)cc2)nc1)Nc1ccc(Sc2ccc(Cl)cc2)nc1. The number of hydrogen-bond donors (Lipinski definition) is 2. The van der Waals surface area contributed by atoms with Crippen molar-refractivity contribution in [3.05, 3.63) is 95.2 Å². The number of aromatic nitrogens is 2. The van der Waals surface area contributed by atoms with E-state index in [1.54, 1.807) is 24.5 Å². The van der Waals surface area contributed by atoms with E-state index < -0.39 is 0 Å². The van der Waals surface area contributed by atoms with Gasteiger partial charge in [0.05, 0.1) is 23.8 Å². The van der Waals surface area contributed by atoms with Crippen LogP contribution in [0.25, 0.3) is 0 Å². The summed E-state index contributed by atoms with van der Waals surface area (Å²) in [5.41, 5.74) is 1.18. The van der Waals surface area contributed by atoms with E-state index in [0.29, 0.717) is 21.4 Å². The highest BCUT2D eigenvalue weighted by molar-refractivity contribution is 7.99. The molecule has 0 bridgehead atoms. The van der Waals surface area contributed by atoms with Crippen molar-refractivity contribution >= 4 is 64.1 Å². The maximum Gasteiger partial charge on any atom is 0.323 e. The number of anilines is 2. The highest BCUT2D eigenvalue weighted by Gasteiger charge is 2.06. The molecule has 0 fully saturated rings. The van der Waals surface area contributed by atoms with Crippen LogP contribution in [-0.2, 0) is 0 Å². The lowest BCUT2D eigenvalue weighted by Gasteiger charge is -2.08. The van der Waals surface area contributed by atoms with Crippen molar-refractivity contribution in [1.29, 1.82) is 0 Å². The fourth-order valence-corrected chi connectivity index (χ4v) is 4.33. The first kappa shape index (κ1) is 22.5. The lowest BCUT2D eigenvalue weighted by molar-refractivity contribution is 0.262. The molecule has 0 aliphatic heterocycles. The third-order valence-corrected chi connectivity index (χ3v) is 6.48. The van der Waals surface area contributed by atoms with Crippen LogP contribution < -0.4 is 10.6 Å². The van der Waals surface area contributed by atoms with Crippen molar-refractivity contribution in [3.8, 4) is 0 Å². The van der Waals surface area contributed by atoms with Crippen LogP contribution in [0.3, 0.4) is 0 Å². The van der Waals surface area contributed by atoms with Crippen molar-refractivity contribution < 1.29 is 4.79 Å². The minimum atomic E-state index is -0.371. The lowest BCUT2D eigenvalue weighted by Crippen LogP contribution is -2.19. The van der Waals surface area contributed by atoms with Crippen LogP contribution in [0.1, 0.15) is 0 Å². The second-order valence-corrected chi connectivity index (χ2v) is 9.52. The molecule has 2 amide bonds. The summed E-state index contributed by atoms with van der Waals surface area (Å²) >= 11 is 14.8. The molecule has 0 aliphatic carbocycles. The van der Waals surface area contributed by atoms with Crippen molar-refractivity contribution in [2.75, 3.05) is 10.6 Å². The van der Waals surface area contributed by atoms with E-state index in [4.69, 9.17) is 23.2 Å². The van der Waals surface area contributed by atoms with Crippen molar-refractivity contribution in [3.63, 3.8) is 0 Å². The van der Waals surface area contributed by atoms with Gasteiger partial charge in [0.15, 0.2) is 0 Å². The Morgan fingerprint density at radius 3 is 1.38 bits per heavy atom. The summed E-state index contributed by atoms with van der Waals surface area (Å²) in [7, 11) is 0. The normalized spacial score (nSPS) is 10.6. The van der Waals surface area contributed by atoms with E-state index in [9.17, 15) is 4.79 Å². The van der Waals surface area contributed by atoms with Gasteiger partial charge >= 0.3 is 6.03 Å². The Balaban J connectivity index is 1.29. The Bertz CT molecular complexity index is 1090. The number of hydrogen-bond acceptors (Lipinski definition) is 5. The van der Waals surface area contributed by atoms with Gasteiger partial charge in [-0.05, 0) is 72.8 Å². The number of urea groups is 1. The number of carbonyl (C=O) groups excluding carboxylic acids is 1. The van der Waals surface area contributed by atoms with Crippen LogP contribution in [0.5, 0.6) is 0 Å². The van der Waals surface area contributed by atoms with Gasteiger partial charge in [-0.15, -0.1) is 0 Å². The highest BCUT2D eigenvalue weighted by Crippen LogP contribution is 2.28. The zero-order chi connectivity index (χ0) is 22.3. The van der Waals surface area contributed by atoms with E-state index in [0.717, 1.165) is 19.8 Å². The number of benzene rings is 2. The van der Waals surface area contributed by atoms with Crippen molar-refractivity contribution in [1.82, 2.24) is 9.97 Å². The molecule has 2 heterocycles. The van der Waals surface area contributed by atoms with Crippen LogP contribution in [0.2, 0.25) is 10.0 Å². The Kier molecular flexibility index (Phi) is 7.55. The molecule has 0 spiro atoms. The topological polar surface area (TPSA) is 66.9 Å². The first-order chi connectivity index (χ1) is 15.5. The maximum atomic E-state index is 12.3. The van der Waals surface area contributed by atoms with Crippen LogP contribution in [0.15, 0.2) is 105 Å². The molecule has 0 radical (unpaired) electrons. The highest BCUT2D eigenvalue weighted by atomic mass is 35.5. The molecule has 160 valence electrons. The monoisotopic (exact) mass is 498 g/mol. The standard InChI is InChI=1S/C23H16Cl2N4OS2/c24-15-1-7-19(8-2-15)31-21-11-5-17(13-26-21)28-23(30)29-18-6-12-22(27-14-18)32-20-9-3-16(25)4-10-20/h1-14H,(H2,28,29,30). The molecule has 4 aromatic rings. The van der Waals surface area contributed by atoms with Gasteiger partial charge in [0.1, 0.15) is 10.1 Å². The predicted molar refractivity (Wildman–Crippen MR) is 132 cm³/mol. The minimum Gasteiger partial charge on any atom is -0.306 e. The number of nitrogens with one attached hydrogen (secondary N) is 2. The molecule has 9 heteroatoms. The van der Waals surface area contributed by atoms with E-state index in [2.05, 4.69) is 20.6 Å². The molecular formula is C23H16Cl2N4OS2. The van der Waals surface area contributed by atoms with E-state index in [1.165, 1.54) is 23.5 Å². The van der Waals surface area contributed by atoms with Gasteiger partial charge in [-0.2, -0.15) is 0 Å². The van der Waals surface area contributed by atoms with Gasteiger partial charge in [0, 0.05) is 19.8 Å². The fourth-order valence-electron chi connectivity index (χ4n) is 2.57. The van der Waals surface area contributed by atoms with Crippen LogP contribution in [-0.4, -0.2) is 16.0 Å². The molecule has 2 aromatic heterocycles. The number of amides is 2. The summed E-state index contributed by atoms with van der Waals surface area (Å²) in [6, 6.07) is 22.0. The quantitative estimate of drug-likeness (QED) is 0.284. The van der Waals surface area contributed by atoms with Gasteiger partial charge in [0.25, 0.3) is 0 Å². The largest absolute Gasteiger partial charge is 0.323 e. The zero-order valence-electron chi connectivity index (χ0n) is 16.5. The third kappa shape index (κ3) is 6.64. The molecular weight excluding hydrogens is 483 g/mol. The molecule has 0 saturated heterocycles. The van der Waals surface area contributed by atoms with Crippen molar-refractivity contribution in [2.24, 2.45) is 0 Å². The number of rotatable bonds is 6. The van der Waals surface area contributed by atoms with E-state index in [1.807, 2.05) is 60.7 Å². The molecule has 0 atom stereocenters. The summed E-state index contributed by atoms with van der Waals surface area (Å²) in [6.45, 7) is 0. The molecule has 5 nitrogen and oxygen atoms in total. The molecule has 32 heavy (non-hydrogen) atoms. The predicted octanol–water partition coefficient (Wildman–Crippen LogP) is 7.73. The summed E-state index contributed by atoms with van der Waals surface area (Å²) in [6.07, 6.45) is 3.23. The van der Waals surface area contributed by atoms with E-state index in [-0.39, 0.29) is 6.03 Å². The molecule has 2 N–H and O–H groups in total. The number of carbonyl (C=O) groups is 1. The summed E-state index contributed by atoms with van der Waals surface area (Å²) in [5.74, 6) is 0. The lowest BCUT2D eigenvalue weighted by atomic mass is 10.4. The first-order valence-electron chi connectivity index (χ1n) is 9.40. The Morgan fingerprint density at radius 1 is 0.625 bits per heavy atom. The number of nitrogens with zero attached hydrogens (tertiary/aromatic N) is 2. The summed E-state index contributed by atoms with van der Waals surface area (Å²) < 4.78 is 0. The number of halogens is 2. The van der Waals surface area contributed by atoms with Crippen LogP contribution in [0, 0.1) is 0 Å². The average Bonchev–Trinajstić information content (AvgIpc) is 2.79. The van der Waals surface area contributed by atoms with Gasteiger partial charge in [-0.1, -0.05) is 46.7 Å². The smallest absolute Gasteiger partial charge is 0.306 e. The molecule has 4 rings (SSSR count). The van der Waals surface area contributed by atoms with Gasteiger partial charge in [0.2, 0.25) is 0 Å². The van der Waals surface area contributed by atoms with Crippen LogP contribution in [0.4, 0.5) is 16.2 Å². The first-order valence-corrected chi connectivity index (χ1v) is 11.8. The molecule has 0 saturated carbocycles. The van der Waals surface area contributed by atoms with E-state index >= 15 is 0 Å². The maximum absolute atomic E-state index is 12.3. The second kappa shape index (κ2) is 10.7. The fraction of sp³-hybridized carbons (Fsp3) is 0. The van der Waals surface area contributed by atoms with Gasteiger partial charge in [-0.25, -0.2) is 14.8 Å². The molecule has 0 aliphatic rings. The number of pyridine rings is 2. The average molecular weight is 499 g/mol. The minimum absolute atomic E-state index is 0.371. The van der Waals surface area contributed by atoms with Gasteiger partial charge < -0.3 is 10.6 Å². The zero-order valence-corrected chi connectivity index (χ0v) is 19.6. The molecule has 0 unspecified atom stereocenters. The Labute approximate surface area is 204 Å². The Morgan fingerprint density at radius 2 is 1.03 bits per heavy atom.